The molecule has 2 nitrogen and oxygen atoms in total. The van der Waals surface area contributed by atoms with Gasteiger partial charge >= 0.3 is 8.69 Å². The summed E-state index contributed by atoms with van der Waals surface area (Å²) in [7, 11) is -1.17. The molecule has 1 aromatic carbocycles. The molecular weight excluding hydrogens is 171 g/mol. The van der Waals surface area contributed by atoms with Gasteiger partial charge in [0, 0.05) is 0 Å². The van der Waals surface area contributed by atoms with Crippen LogP contribution in [0.15, 0.2) is 43.0 Å². The van der Waals surface area contributed by atoms with Gasteiger partial charge < -0.3 is 0 Å². The number of hydrogen-bond acceptors (Lipinski definition) is 1. The lowest BCUT2D eigenvalue weighted by Gasteiger charge is -1.91. The summed E-state index contributed by atoms with van der Waals surface area (Å²) in [6, 6.07) is 10.3. The lowest BCUT2D eigenvalue weighted by Crippen LogP contribution is -1.75. The third-order valence-electron chi connectivity index (χ3n) is 1.22. The summed E-state index contributed by atoms with van der Waals surface area (Å²) in [6.45, 7) is 3.66. The smallest absolute Gasteiger partial charge is 0.162 e. The fourth-order valence-corrected chi connectivity index (χ4v) is 0.781. The Morgan fingerprint density at radius 3 is 2.33 bits per heavy atom. The molecule has 1 unspecified atom stereocenters. The molecule has 0 aliphatic carbocycles. The third kappa shape index (κ3) is 5.78. The van der Waals surface area contributed by atoms with Gasteiger partial charge in [0.2, 0.25) is 0 Å². The third-order valence-corrected chi connectivity index (χ3v) is 1.22. The van der Waals surface area contributed by atoms with Crippen LogP contribution < -0.4 is 0 Å². The van der Waals surface area contributed by atoms with Gasteiger partial charge in [-0.25, -0.2) is 0 Å². The van der Waals surface area contributed by atoms with Gasteiger partial charge in [-0.2, -0.15) is 4.89 Å². The number of rotatable bonds is 2. The maximum atomic E-state index is 8.51. The molecule has 0 aliphatic heterocycles. The average molecular weight is 183 g/mol. The molecule has 0 amide bonds. The van der Waals surface area contributed by atoms with Crippen LogP contribution in [0, 0.1) is 0 Å². The van der Waals surface area contributed by atoms with Crippen LogP contribution in [0.3, 0.4) is 0 Å². The zero-order valence-electron chi connectivity index (χ0n) is 6.73. The Bertz CT molecular complexity index is 221. The summed E-state index contributed by atoms with van der Waals surface area (Å²) in [5, 5.41) is 0. The van der Waals surface area contributed by atoms with E-state index in [1.54, 1.807) is 0 Å². The van der Waals surface area contributed by atoms with Crippen LogP contribution in [0.5, 0.6) is 0 Å². The first-order valence-corrected chi connectivity index (χ1v) is 4.36. The molecule has 0 radical (unpaired) electrons. The lowest BCUT2D eigenvalue weighted by atomic mass is 10.2. The van der Waals surface area contributed by atoms with E-state index < -0.39 is 8.69 Å². The topological polar surface area (TPSA) is 37.3 Å². The maximum absolute atomic E-state index is 8.51. The maximum Gasteiger partial charge on any atom is 0.491 e. The molecule has 1 aromatic rings. The minimum atomic E-state index is -1.17. The van der Waals surface area contributed by atoms with Crippen molar-refractivity contribution in [3.63, 3.8) is 0 Å². The van der Waals surface area contributed by atoms with E-state index in [2.05, 4.69) is 18.7 Å². The minimum absolute atomic E-state index is 0.973. The van der Waals surface area contributed by atoms with Gasteiger partial charge in [0.25, 0.3) is 0 Å². The van der Waals surface area contributed by atoms with Crippen molar-refractivity contribution >= 4 is 8.69 Å². The summed E-state index contributed by atoms with van der Waals surface area (Å²) in [5.74, 6) is 0. The predicted molar refractivity (Wildman–Crippen MR) is 51.6 cm³/mol. The first-order valence-electron chi connectivity index (χ1n) is 3.51. The standard InChI is InChI=1S/C9H10.HO2P/c1-2-6-9-7-4-3-5-8-9;1-3-2/h2-5,7-8H,1,6H2;3H/p+1. The van der Waals surface area contributed by atoms with E-state index in [0.29, 0.717) is 0 Å². The summed E-state index contributed by atoms with van der Waals surface area (Å²) in [4.78, 5) is 7.04. The van der Waals surface area contributed by atoms with Crippen molar-refractivity contribution in [2.24, 2.45) is 0 Å². The highest BCUT2D eigenvalue weighted by molar-refractivity contribution is 7.16. The van der Waals surface area contributed by atoms with Crippen molar-refractivity contribution in [2.75, 3.05) is 0 Å². The highest BCUT2D eigenvalue weighted by atomic mass is 31.1. The molecular formula is C9H12O2P+. The zero-order valence-corrected chi connectivity index (χ0v) is 7.73. The van der Waals surface area contributed by atoms with Crippen LogP contribution in [0.2, 0.25) is 0 Å². The second-order valence-electron chi connectivity index (χ2n) is 2.07. The zero-order chi connectivity index (χ0) is 9.23. The van der Waals surface area contributed by atoms with E-state index in [0.717, 1.165) is 6.42 Å². The van der Waals surface area contributed by atoms with E-state index in [1.807, 2.05) is 24.3 Å². The van der Waals surface area contributed by atoms with Gasteiger partial charge in [-0.15, -0.1) is 6.58 Å². The lowest BCUT2D eigenvalue weighted by molar-refractivity contribution is 0.524. The Kier molecular flexibility index (Phi) is 7.46. The van der Waals surface area contributed by atoms with Crippen molar-refractivity contribution in [1.82, 2.24) is 0 Å². The summed E-state index contributed by atoms with van der Waals surface area (Å²) in [5.41, 5.74) is 1.33. The molecule has 64 valence electrons. The first kappa shape index (κ1) is 11.0. The van der Waals surface area contributed by atoms with Crippen LogP contribution in [-0.4, -0.2) is 4.89 Å². The number of benzene rings is 1. The Hall–Kier alpha value is -0.980. The summed E-state index contributed by atoms with van der Waals surface area (Å²) < 4.78 is 8.51. The number of hydrogen-bond donors (Lipinski definition) is 1. The second-order valence-corrected chi connectivity index (χ2v) is 2.25. The van der Waals surface area contributed by atoms with Crippen LogP contribution in [-0.2, 0) is 11.0 Å². The second kappa shape index (κ2) is 8.12. The summed E-state index contributed by atoms with van der Waals surface area (Å²) >= 11 is 0. The van der Waals surface area contributed by atoms with Crippen molar-refractivity contribution in [3.05, 3.63) is 48.6 Å². The molecule has 0 fully saturated rings. The van der Waals surface area contributed by atoms with Gasteiger partial charge in [-0.3, -0.25) is 0 Å². The molecule has 0 aliphatic rings. The normalized spacial score (nSPS) is 8.42. The largest absolute Gasteiger partial charge is 0.491 e. The molecule has 0 saturated carbocycles. The summed E-state index contributed by atoms with van der Waals surface area (Å²) in [6.07, 6.45) is 2.89. The Morgan fingerprint density at radius 1 is 1.42 bits per heavy atom. The fraction of sp³-hybridized carbons (Fsp3) is 0.111. The van der Waals surface area contributed by atoms with Gasteiger partial charge in [0.05, 0.1) is 0 Å². The molecule has 0 heterocycles. The molecule has 1 N–H and O–H groups in total. The van der Waals surface area contributed by atoms with Crippen molar-refractivity contribution in [3.8, 4) is 0 Å². The van der Waals surface area contributed by atoms with Crippen LogP contribution in [0.4, 0.5) is 0 Å². The van der Waals surface area contributed by atoms with Crippen LogP contribution >= 0.6 is 8.69 Å². The SMILES string of the molecule is C=CCc1ccccc1.O=[PH+]O. The van der Waals surface area contributed by atoms with Crippen LogP contribution in [0.1, 0.15) is 5.56 Å². The van der Waals surface area contributed by atoms with Crippen molar-refractivity contribution in [1.29, 1.82) is 0 Å². The Balaban J connectivity index is 0.000000354. The monoisotopic (exact) mass is 183 g/mol. The van der Waals surface area contributed by atoms with Gasteiger partial charge in [-0.1, -0.05) is 36.4 Å². The first-order chi connectivity index (χ1) is 5.85. The van der Waals surface area contributed by atoms with Gasteiger partial charge in [-0.05, 0) is 16.5 Å². The highest BCUT2D eigenvalue weighted by Crippen LogP contribution is 1.98. The molecule has 0 spiro atoms. The Labute approximate surface area is 73.8 Å². The van der Waals surface area contributed by atoms with E-state index in [1.165, 1.54) is 5.56 Å². The predicted octanol–water partition coefficient (Wildman–Crippen LogP) is 2.33. The quantitative estimate of drug-likeness (QED) is 0.564. The van der Waals surface area contributed by atoms with Crippen molar-refractivity contribution in [2.45, 2.75) is 6.42 Å². The van der Waals surface area contributed by atoms with E-state index >= 15 is 0 Å². The van der Waals surface area contributed by atoms with Crippen LogP contribution in [0.25, 0.3) is 0 Å². The molecule has 1 rings (SSSR count). The van der Waals surface area contributed by atoms with E-state index in [-0.39, 0.29) is 0 Å². The van der Waals surface area contributed by atoms with Gasteiger partial charge in [0.15, 0.2) is 0 Å². The molecule has 0 bridgehead atoms. The fourth-order valence-electron chi connectivity index (χ4n) is 0.781. The van der Waals surface area contributed by atoms with Crippen molar-refractivity contribution < 1.29 is 9.46 Å². The highest BCUT2D eigenvalue weighted by Gasteiger charge is 1.82. The molecule has 1 atom stereocenters. The van der Waals surface area contributed by atoms with E-state index in [4.69, 9.17) is 9.46 Å². The van der Waals surface area contributed by atoms with Gasteiger partial charge in [0.1, 0.15) is 0 Å². The molecule has 0 saturated heterocycles. The van der Waals surface area contributed by atoms with E-state index in [9.17, 15) is 0 Å². The molecule has 12 heavy (non-hydrogen) atoms. The minimum Gasteiger partial charge on any atom is -0.162 e. The number of allylic oxidation sites excluding steroid dienone is 1. The average Bonchev–Trinajstić information content (AvgIpc) is 2.08. The molecule has 3 heteroatoms. The molecule has 0 aromatic heterocycles. The Morgan fingerprint density at radius 2 is 1.92 bits per heavy atom.